The fourth-order valence-corrected chi connectivity index (χ4v) is 1.93. The van der Waals surface area contributed by atoms with Gasteiger partial charge in [-0.2, -0.15) is 11.3 Å². The SMILES string of the molecule is CCCC(Nc1ccsc1)C(=O)OCC. The summed E-state index contributed by atoms with van der Waals surface area (Å²) in [5.74, 6) is -0.162. The lowest BCUT2D eigenvalue weighted by atomic mass is 10.1. The summed E-state index contributed by atoms with van der Waals surface area (Å²) in [4.78, 5) is 11.6. The van der Waals surface area contributed by atoms with E-state index in [1.165, 1.54) is 0 Å². The molecule has 0 fully saturated rings. The Morgan fingerprint density at radius 3 is 2.93 bits per heavy atom. The van der Waals surface area contributed by atoms with Crippen molar-refractivity contribution >= 4 is 23.0 Å². The van der Waals surface area contributed by atoms with Crippen LogP contribution in [0.4, 0.5) is 5.69 Å². The lowest BCUT2D eigenvalue weighted by Gasteiger charge is -2.16. The van der Waals surface area contributed by atoms with Crippen molar-refractivity contribution in [1.82, 2.24) is 0 Å². The van der Waals surface area contributed by atoms with E-state index in [-0.39, 0.29) is 12.0 Å². The Kier molecular flexibility index (Phi) is 5.18. The van der Waals surface area contributed by atoms with Gasteiger partial charge in [-0.15, -0.1) is 0 Å². The molecule has 0 saturated heterocycles. The van der Waals surface area contributed by atoms with Gasteiger partial charge in [0.05, 0.1) is 6.61 Å². The summed E-state index contributed by atoms with van der Waals surface area (Å²) in [6, 6.07) is 1.75. The molecule has 0 aliphatic heterocycles. The van der Waals surface area contributed by atoms with Crippen LogP contribution in [-0.4, -0.2) is 18.6 Å². The maximum atomic E-state index is 11.6. The third-order valence-electron chi connectivity index (χ3n) is 2.01. The van der Waals surface area contributed by atoms with Gasteiger partial charge in [0.1, 0.15) is 6.04 Å². The number of anilines is 1. The van der Waals surface area contributed by atoms with E-state index in [0.717, 1.165) is 18.5 Å². The number of carbonyl (C=O) groups excluding carboxylic acids is 1. The highest BCUT2D eigenvalue weighted by Gasteiger charge is 2.18. The Morgan fingerprint density at radius 1 is 1.60 bits per heavy atom. The number of thiophene rings is 1. The van der Waals surface area contributed by atoms with E-state index in [4.69, 9.17) is 4.74 Å². The molecule has 0 radical (unpaired) electrons. The molecule has 0 amide bonds. The van der Waals surface area contributed by atoms with E-state index >= 15 is 0 Å². The Morgan fingerprint density at radius 2 is 2.40 bits per heavy atom. The van der Waals surface area contributed by atoms with Crippen LogP contribution in [0.2, 0.25) is 0 Å². The first-order chi connectivity index (χ1) is 7.27. The fourth-order valence-electron chi connectivity index (χ4n) is 1.33. The van der Waals surface area contributed by atoms with Gasteiger partial charge < -0.3 is 10.1 Å². The van der Waals surface area contributed by atoms with Crippen molar-refractivity contribution in [3.05, 3.63) is 16.8 Å². The molecule has 1 aromatic rings. The highest BCUT2D eigenvalue weighted by molar-refractivity contribution is 7.08. The Hall–Kier alpha value is -1.03. The molecule has 1 heterocycles. The second kappa shape index (κ2) is 6.45. The van der Waals surface area contributed by atoms with Gasteiger partial charge in [-0.05, 0) is 24.8 Å². The molecule has 0 spiro atoms. The minimum absolute atomic E-state index is 0.162. The van der Waals surface area contributed by atoms with Gasteiger partial charge in [0.15, 0.2) is 0 Å². The third-order valence-corrected chi connectivity index (χ3v) is 2.69. The van der Waals surface area contributed by atoms with Crippen molar-refractivity contribution in [3.63, 3.8) is 0 Å². The van der Waals surface area contributed by atoms with Crippen LogP contribution in [0.25, 0.3) is 0 Å². The first-order valence-corrected chi connectivity index (χ1v) is 6.17. The number of carbonyl (C=O) groups is 1. The molecule has 0 aromatic carbocycles. The van der Waals surface area contributed by atoms with E-state index in [2.05, 4.69) is 12.2 Å². The van der Waals surface area contributed by atoms with Crippen LogP contribution < -0.4 is 5.32 Å². The quantitative estimate of drug-likeness (QED) is 0.759. The zero-order chi connectivity index (χ0) is 11.1. The standard InChI is InChI=1S/C11H17NO2S/c1-3-5-10(11(13)14-4-2)12-9-6-7-15-8-9/h6-8,10,12H,3-5H2,1-2H3. The molecule has 1 aromatic heterocycles. The summed E-state index contributed by atoms with van der Waals surface area (Å²) in [7, 11) is 0. The molecule has 0 aliphatic rings. The molecule has 0 saturated carbocycles. The lowest BCUT2D eigenvalue weighted by Crippen LogP contribution is -2.31. The van der Waals surface area contributed by atoms with Gasteiger partial charge in [-0.1, -0.05) is 13.3 Å². The molecule has 4 heteroatoms. The van der Waals surface area contributed by atoms with Crippen molar-refractivity contribution in [1.29, 1.82) is 0 Å². The molecule has 1 N–H and O–H groups in total. The van der Waals surface area contributed by atoms with Crippen LogP contribution in [0.5, 0.6) is 0 Å². The summed E-state index contributed by atoms with van der Waals surface area (Å²) >= 11 is 1.61. The van der Waals surface area contributed by atoms with E-state index in [0.29, 0.717) is 6.61 Å². The molecule has 0 aliphatic carbocycles. The molecule has 0 bridgehead atoms. The Labute approximate surface area is 94.5 Å². The Bertz CT molecular complexity index is 285. The molecular formula is C11H17NO2S. The summed E-state index contributed by atoms with van der Waals surface area (Å²) in [6.07, 6.45) is 1.76. The number of hydrogen-bond donors (Lipinski definition) is 1. The first-order valence-electron chi connectivity index (χ1n) is 5.23. The highest BCUT2D eigenvalue weighted by Crippen LogP contribution is 2.15. The second-order valence-electron chi connectivity index (χ2n) is 3.25. The zero-order valence-electron chi connectivity index (χ0n) is 9.16. The van der Waals surface area contributed by atoms with Crippen LogP contribution in [0, 0.1) is 0 Å². The van der Waals surface area contributed by atoms with Gasteiger partial charge in [0.2, 0.25) is 0 Å². The molecular weight excluding hydrogens is 210 g/mol. The summed E-state index contributed by atoms with van der Waals surface area (Å²) in [5.41, 5.74) is 0.992. The van der Waals surface area contributed by atoms with Gasteiger partial charge in [-0.3, -0.25) is 0 Å². The van der Waals surface area contributed by atoms with Crippen molar-refractivity contribution in [2.75, 3.05) is 11.9 Å². The molecule has 3 nitrogen and oxygen atoms in total. The summed E-state index contributed by atoms with van der Waals surface area (Å²) in [5, 5.41) is 7.15. The third kappa shape index (κ3) is 3.91. The van der Waals surface area contributed by atoms with Gasteiger partial charge in [-0.25, -0.2) is 4.79 Å². The minimum atomic E-state index is -0.218. The van der Waals surface area contributed by atoms with Crippen molar-refractivity contribution in [3.8, 4) is 0 Å². The summed E-state index contributed by atoms with van der Waals surface area (Å²) < 4.78 is 5.01. The predicted molar refractivity (Wildman–Crippen MR) is 63.3 cm³/mol. The Balaban J connectivity index is 2.53. The number of ether oxygens (including phenoxy) is 1. The van der Waals surface area contributed by atoms with Crippen molar-refractivity contribution in [2.45, 2.75) is 32.7 Å². The van der Waals surface area contributed by atoms with Crippen LogP contribution in [-0.2, 0) is 9.53 Å². The van der Waals surface area contributed by atoms with Gasteiger partial charge >= 0.3 is 5.97 Å². The highest BCUT2D eigenvalue weighted by atomic mass is 32.1. The average molecular weight is 227 g/mol. The fraction of sp³-hybridized carbons (Fsp3) is 0.545. The molecule has 84 valence electrons. The van der Waals surface area contributed by atoms with E-state index in [1.54, 1.807) is 11.3 Å². The largest absolute Gasteiger partial charge is 0.464 e. The number of nitrogens with one attached hydrogen (secondary N) is 1. The topological polar surface area (TPSA) is 38.3 Å². The van der Waals surface area contributed by atoms with Gasteiger partial charge in [0, 0.05) is 11.1 Å². The van der Waals surface area contributed by atoms with E-state index in [9.17, 15) is 4.79 Å². The smallest absolute Gasteiger partial charge is 0.328 e. The first kappa shape index (κ1) is 12.0. The van der Waals surface area contributed by atoms with Gasteiger partial charge in [0.25, 0.3) is 0 Å². The van der Waals surface area contributed by atoms with Crippen LogP contribution in [0.3, 0.4) is 0 Å². The van der Waals surface area contributed by atoms with Crippen LogP contribution in [0.1, 0.15) is 26.7 Å². The minimum Gasteiger partial charge on any atom is -0.464 e. The van der Waals surface area contributed by atoms with E-state index < -0.39 is 0 Å². The molecule has 1 unspecified atom stereocenters. The monoisotopic (exact) mass is 227 g/mol. The molecule has 1 atom stereocenters. The number of esters is 1. The second-order valence-corrected chi connectivity index (χ2v) is 4.03. The lowest BCUT2D eigenvalue weighted by molar-refractivity contribution is -0.144. The summed E-state index contributed by atoms with van der Waals surface area (Å²) in [6.45, 7) is 4.32. The zero-order valence-corrected chi connectivity index (χ0v) is 9.97. The molecule has 15 heavy (non-hydrogen) atoms. The van der Waals surface area contributed by atoms with Crippen LogP contribution >= 0.6 is 11.3 Å². The maximum absolute atomic E-state index is 11.6. The van der Waals surface area contributed by atoms with Crippen molar-refractivity contribution in [2.24, 2.45) is 0 Å². The average Bonchev–Trinajstić information content (AvgIpc) is 2.70. The predicted octanol–water partition coefficient (Wildman–Crippen LogP) is 2.89. The number of rotatable bonds is 6. The van der Waals surface area contributed by atoms with E-state index in [1.807, 2.05) is 23.8 Å². The normalized spacial score (nSPS) is 12.1. The molecule has 1 rings (SSSR count). The van der Waals surface area contributed by atoms with Crippen LogP contribution in [0.15, 0.2) is 16.8 Å². The van der Waals surface area contributed by atoms with Crippen molar-refractivity contribution < 1.29 is 9.53 Å². The number of hydrogen-bond acceptors (Lipinski definition) is 4. The maximum Gasteiger partial charge on any atom is 0.328 e.